The van der Waals surface area contributed by atoms with Gasteiger partial charge < -0.3 is 0 Å². The van der Waals surface area contributed by atoms with Gasteiger partial charge in [-0.15, -0.1) is 0 Å². The fourth-order valence-corrected chi connectivity index (χ4v) is 1.04. The molecule has 0 aliphatic carbocycles. The molecule has 2 heteroatoms. The summed E-state index contributed by atoms with van der Waals surface area (Å²) in [5.41, 5.74) is 0. The van der Waals surface area contributed by atoms with Crippen LogP contribution in [0, 0.1) is 11.3 Å². The Morgan fingerprint density at radius 3 is 2.40 bits per heavy atom. The van der Waals surface area contributed by atoms with E-state index in [2.05, 4.69) is 13.5 Å². The maximum Gasteiger partial charge on any atom is 0.0711 e. The Kier molecular flexibility index (Phi) is 4.45. The largest absolute Gasteiger partial charge is 0.298 e. The summed E-state index contributed by atoms with van der Waals surface area (Å²) < 4.78 is 0. The number of hydrogen-bond acceptors (Lipinski definition) is 2. The molecule has 0 aliphatic heterocycles. The van der Waals surface area contributed by atoms with Crippen LogP contribution in [0.4, 0.5) is 0 Å². The van der Waals surface area contributed by atoms with Crippen LogP contribution in [0.15, 0.2) is 11.5 Å². The van der Waals surface area contributed by atoms with Crippen LogP contribution in [0.3, 0.4) is 0 Å². The molecule has 0 saturated heterocycles. The number of rotatable bonds is 3. The Balaban J connectivity index is 3.69. The zero-order valence-electron chi connectivity index (χ0n) is 6.90. The molecule has 0 rings (SSSR count). The molecule has 0 atom stereocenters. The fourth-order valence-electron chi connectivity index (χ4n) is 0.346. The summed E-state index contributed by atoms with van der Waals surface area (Å²) in [6, 6.07) is 0. The third-order valence-electron chi connectivity index (χ3n) is 1.17. The van der Waals surface area contributed by atoms with E-state index in [0.29, 0.717) is 11.0 Å². The average Bonchev–Trinajstić information content (AvgIpc) is 1.87. The predicted molar refractivity (Wildman–Crippen MR) is 49.6 cm³/mol. The number of hydrogen-bond donors (Lipinski definition) is 1. The van der Waals surface area contributed by atoms with Gasteiger partial charge >= 0.3 is 0 Å². The van der Waals surface area contributed by atoms with Crippen LogP contribution in [0.2, 0.25) is 0 Å². The van der Waals surface area contributed by atoms with Crippen molar-refractivity contribution in [1.82, 2.24) is 0 Å². The van der Waals surface area contributed by atoms with Crippen molar-refractivity contribution in [3.05, 3.63) is 11.5 Å². The van der Waals surface area contributed by atoms with Gasteiger partial charge in [0.15, 0.2) is 0 Å². The van der Waals surface area contributed by atoms with Gasteiger partial charge in [0.2, 0.25) is 0 Å². The first-order valence-electron chi connectivity index (χ1n) is 3.52. The van der Waals surface area contributed by atoms with Crippen molar-refractivity contribution in [2.24, 2.45) is 5.92 Å². The van der Waals surface area contributed by atoms with E-state index in [1.165, 1.54) is 11.8 Å². The van der Waals surface area contributed by atoms with Crippen molar-refractivity contribution in [3.8, 4) is 0 Å². The van der Waals surface area contributed by atoms with Crippen LogP contribution in [0.5, 0.6) is 0 Å². The lowest BCUT2D eigenvalue weighted by Gasteiger charge is -2.06. The maximum absolute atomic E-state index is 7.48. The van der Waals surface area contributed by atoms with Gasteiger partial charge in [-0.1, -0.05) is 39.1 Å². The van der Waals surface area contributed by atoms with Crippen molar-refractivity contribution in [2.45, 2.75) is 27.2 Å². The molecule has 58 valence electrons. The molecule has 0 amide bonds. The standard InChI is InChI=1S/C8H15NS/c1-5-7(4)10-8(9)6(2)3/h6,9H,4-5H2,1-3H3. The number of thioether (sulfide) groups is 1. The topological polar surface area (TPSA) is 23.9 Å². The zero-order valence-corrected chi connectivity index (χ0v) is 7.72. The highest BCUT2D eigenvalue weighted by molar-refractivity contribution is 8.17. The third kappa shape index (κ3) is 3.72. The SMILES string of the molecule is C=C(CC)SC(=N)C(C)C. The highest BCUT2D eigenvalue weighted by Gasteiger charge is 2.03. The van der Waals surface area contributed by atoms with E-state index < -0.39 is 0 Å². The Hall–Kier alpha value is -0.240. The summed E-state index contributed by atoms with van der Waals surface area (Å²) in [5.74, 6) is 0.341. The molecule has 0 bridgehead atoms. The average molecular weight is 157 g/mol. The summed E-state index contributed by atoms with van der Waals surface area (Å²) in [5, 5.41) is 8.19. The lowest BCUT2D eigenvalue weighted by Crippen LogP contribution is -1.99. The summed E-state index contributed by atoms with van der Waals surface area (Å²) in [4.78, 5) is 1.08. The Bertz CT molecular complexity index is 138. The summed E-state index contributed by atoms with van der Waals surface area (Å²) in [6.45, 7) is 9.93. The van der Waals surface area contributed by atoms with Gasteiger partial charge in [0.1, 0.15) is 0 Å². The first-order valence-corrected chi connectivity index (χ1v) is 4.33. The van der Waals surface area contributed by atoms with E-state index in [1.54, 1.807) is 0 Å². The molecule has 10 heavy (non-hydrogen) atoms. The van der Waals surface area contributed by atoms with Gasteiger partial charge in [-0.05, 0) is 11.3 Å². The number of nitrogens with one attached hydrogen (secondary N) is 1. The second kappa shape index (κ2) is 4.56. The van der Waals surface area contributed by atoms with Crippen LogP contribution in [-0.2, 0) is 0 Å². The Morgan fingerprint density at radius 1 is 1.60 bits per heavy atom. The highest BCUT2D eigenvalue weighted by atomic mass is 32.2. The van der Waals surface area contributed by atoms with Crippen LogP contribution < -0.4 is 0 Å². The summed E-state index contributed by atoms with van der Waals surface area (Å²) >= 11 is 1.50. The molecular weight excluding hydrogens is 142 g/mol. The minimum Gasteiger partial charge on any atom is -0.298 e. The molecule has 0 radical (unpaired) electrons. The van der Waals surface area contributed by atoms with E-state index in [-0.39, 0.29) is 0 Å². The van der Waals surface area contributed by atoms with Gasteiger partial charge in [-0.2, -0.15) is 0 Å². The normalized spacial score (nSPS) is 10.0. The first-order chi connectivity index (χ1) is 4.57. The van der Waals surface area contributed by atoms with Gasteiger partial charge in [0, 0.05) is 5.92 Å². The predicted octanol–water partition coefficient (Wildman–Crippen LogP) is 3.28. The van der Waals surface area contributed by atoms with Crippen molar-refractivity contribution in [2.75, 3.05) is 0 Å². The molecule has 0 aliphatic rings. The van der Waals surface area contributed by atoms with Crippen molar-refractivity contribution in [1.29, 1.82) is 5.41 Å². The second-order valence-corrected chi connectivity index (χ2v) is 3.73. The molecule has 0 aromatic heterocycles. The molecule has 1 N–H and O–H groups in total. The van der Waals surface area contributed by atoms with E-state index >= 15 is 0 Å². The zero-order chi connectivity index (χ0) is 8.15. The van der Waals surface area contributed by atoms with Crippen molar-refractivity contribution >= 4 is 16.8 Å². The summed E-state index contributed by atoms with van der Waals surface area (Å²) in [7, 11) is 0. The lowest BCUT2D eigenvalue weighted by molar-refractivity contribution is 0.894. The van der Waals surface area contributed by atoms with Gasteiger partial charge in [0.05, 0.1) is 5.04 Å². The van der Waals surface area contributed by atoms with Gasteiger partial charge in [-0.25, -0.2) is 0 Å². The maximum atomic E-state index is 7.48. The molecule has 0 saturated carbocycles. The Labute approximate surface area is 67.4 Å². The van der Waals surface area contributed by atoms with E-state index in [9.17, 15) is 0 Å². The molecular formula is C8H15NS. The molecule has 0 aromatic rings. The van der Waals surface area contributed by atoms with Crippen LogP contribution >= 0.6 is 11.8 Å². The quantitative estimate of drug-likeness (QED) is 0.493. The second-order valence-electron chi connectivity index (χ2n) is 2.51. The summed E-state index contributed by atoms with van der Waals surface area (Å²) in [6.07, 6.45) is 0.958. The van der Waals surface area contributed by atoms with Crippen molar-refractivity contribution in [3.63, 3.8) is 0 Å². The molecule has 0 spiro atoms. The highest BCUT2D eigenvalue weighted by Crippen LogP contribution is 2.21. The molecule has 0 fully saturated rings. The van der Waals surface area contributed by atoms with Gasteiger partial charge in [0.25, 0.3) is 0 Å². The van der Waals surface area contributed by atoms with E-state index in [1.807, 2.05) is 13.8 Å². The smallest absolute Gasteiger partial charge is 0.0711 e. The molecule has 1 nitrogen and oxygen atoms in total. The molecule has 0 aromatic carbocycles. The molecule has 0 unspecified atom stereocenters. The van der Waals surface area contributed by atoms with Crippen LogP contribution in [0.25, 0.3) is 0 Å². The lowest BCUT2D eigenvalue weighted by atomic mass is 10.2. The van der Waals surface area contributed by atoms with E-state index in [4.69, 9.17) is 5.41 Å². The third-order valence-corrected chi connectivity index (χ3v) is 2.44. The first kappa shape index (κ1) is 9.76. The fraction of sp³-hybridized carbons (Fsp3) is 0.625. The van der Waals surface area contributed by atoms with Crippen LogP contribution in [-0.4, -0.2) is 5.04 Å². The minimum atomic E-state index is 0.341. The van der Waals surface area contributed by atoms with Gasteiger partial charge in [-0.3, -0.25) is 5.41 Å². The van der Waals surface area contributed by atoms with Crippen LogP contribution in [0.1, 0.15) is 27.2 Å². The molecule has 0 heterocycles. The van der Waals surface area contributed by atoms with Crippen molar-refractivity contribution < 1.29 is 0 Å². The Morgan fingerprint density at radius 2 is 2.10 bits per heavy atom. The van der Waals surface area contributed by atoms with E-state index in [0.717, 1.165) is 11.3 Å². The minimum absolute atomic E-state index is 0.341. The number of allylic oxidation sites excluding steroid dienone is 1. The monoisotopic (exact) mass is 157 g/mol.